The fourth-order valence-corrected chi connectivity index (χ4v) is 1.26. The van der Waals surface area contributed by atoms with Crippen LogP contribution in [0.3, 0.4) is 0 Å². The van der Waals surface area contributed by atoms with Crippen molar-refractivity contribution in [3.05, 3.63) is 0 Å². The van der Waals surface area contributed by atoms with Crippen molar-refractivity contribution in [2.45, 2.75) is 59.7 Å². The van der Waals surface area contributed by atoms with E-state index in [9.17, 15) is 9.90 Å². The Bertz CT molecular complexity index is 192. The first kappa shape index (κ1) is 13.6. The van der Waals surface area contributed by atoms with Gasteiger partial charge < -0.3 is 10.4 Å². The smallest absolute Gasteiger partial charge is 0.157 e. The average Bonchev–Trinajstić information content (AvgIpc) is 1.96. The number of ketones is 1. The molecule has 0 aliphatic rings. The van der Waals surface area contributed by atoms with Crippen molar-refractivity contribution in [2.75, 3.05) is 0 Å². The summed E-state index contributed by atoms with van der Waals surface area (Å²) in [6.45, 7) is 11.2. The molecule has 0 aromatic heterocycles. The fourth-order valence-electron chi connectivity index (χ4n) is 1.26. The summed E-state index contributed by atoms with van der Waals surface area (Å²) in [5, 5.41) is 12.6. The van der Waals surface area contributed by atoms with Crippen LogP contribution >= 0.6 is 0 Å². The SMILES string of the molecule is CC(C)N[C@H](C(=O)C(C)(C)C)[C@@H](C)O. The molecule has 0 unspecified atom stereocenters. The van der Waals surface area contributed by atoms with Gasteiger partial charge in [-0.05, 0) is 6.92 Å². The van der Waals surface area contributed by atoms with Crippen LogP contribution in [0, 0.1) is 5.41 Å². The number of rotatable bonds is 4. The number of Topliss-reactive ketones (excluding diaryl/α,β-unsaturated/α-hetero) is 1. The maximum Gasteiger partial charge on any atom is 0.157 e. The molecule has 2 atom stereocenters. The Hall–Kier alpha value is -0.410. The molecule has 0 saturated carbocycles. The highest BCUT2D eigenvalue weighted by atomic mass is 16.3. The maximum absolute atomic E-state index is 11.9. The third-order valence-electron chi connectivity index (χ3n) is 2.02. The van der Waals surface area contributed by atoms with Gasteiger partial charge >= 0.3 is 0 Å². The van der Waals surface area contributed by atoms with Crippen molar-refractivity contribution in [3.63, 3.8) is 0 Å². The number of aliphatic hydroxyl groups is 1. The van der Waals surface area contributed by atoms with Gasteiger partial charge in [0.2, 0.25) is 0 Å². The minimum Gasteiger partial charge on any atom is -0.391 e. The molecule has 0 amide bonds. The summed E-state index contributed by atoms with van der Waals surface area (Å²) in [5.74, 6) is 0.0567. The lowest BCUT2D eigenvalue weighted by molar-refractivity contribution is -0.131. The average molecular weight is 201 g/mol. The molecule has 0 aliphatic carbocycles. The molecule has 0 bridgehead atoms. The first-order valence-corrected chi connectivity index (χ1v) is 5.14. The molecular weight excluding hydrogens is 178 g/mol. The summed E-state index contributed by atoms with van der Waals surface area (Å²) in [6.07, 6.45) is -0.649. The topological polar surface area (TPSA) is 49.3 Å². The monoisotopic (exact) mass is 201 g/mol. The predicted molar refractivity (Wildman–Crippen MR) is 58.2 cm³/mol. The second kappa shape index (κ2) is 4.89. The fraction of sp³-hybridized carbons (Fsp3) is 0.909. The highest BCUT2D eigenvalue weighted by Crippen LogP contribution is 2.18. The van der Waals surface area contributed by atoms with Crippen molar-refractivity contribution >= 4 is 5.78 Å². The molecule has 0 radical (unpaired) electrons. The summed E-state index contributed by atoms with van der Waals surface area (Å²) in [5.41, 5.74) is -0.413. The summed E-state index contributed by atoms with van der Waals surface area (Å²) >= 11 is 0. The number of carbonyl (C=O) groups excluding carboxylic acids is 1. The lowest BCUT2D eigenvalue weighted by Gasteiger charge is -2.28. The van der Waals surface area contributed by atoms with Crippen LogP contribution in [0.15, 0.2) is 0 Å². The normalized spacial score (nSPS) is 16.9. The summed E-state index contributed by atoms with van der Waals surface area (Å²) in [7, 11) is 0. The lowest BCUT2D eigenvalue weighted by atomic mass is 9.84. The Morgan fingerprint density at radius 3 is 1.86 bits per heavy atom. The summed E-state index contributed by atoms with van der Waals surface area (Å²) in [4.78, 5) is 11.9. The van der Waals surface area contributed by atoms with Crippen LogP contribution in [0.2, 0.25) is 0 Å². The third-order valence-corrected chi connectivity index (χ3v) is 2.02. The minimum atomic E-state index is -0.649. The zero-order valence-corrected chi connectivity index (χ0v) is 10.1. The second-order valence-corrected chi connectivity index (χ2v) is 5.15. The van der Waals surface area contributed by atoms with E-state index in [1.54, 1.807) is 6.92 Å². The standard InChI is InChI=1S/C11H23NO2/c1-7(2)12-9(8(3)13)10(14)11(4,5)6/h7-9,12-13H,1-6H3/t8-,9+/m1/s1. The molecule has 0 aromatic rings. The summed E-state index contributed by atoms with van der Waals surface area (Å²) in [6, 6.07) is -0.268. The first-order chi connectivity index (χ1) is 6.16. The minimum absolute atomic E-state index is 0.0567. The van der Waals surface area contributed by atoms with Gasteiger partial charge in [0.1, 0.15) is 0 Å². The largest absolute Gasteiger partial charge is 0.391 e. The van der Waals surface area contributed by atoms with E-state index < -0.39 is 17.6 Å². The molecule has 0 heterocycles. The molecule has 3 heteroatoms. The Morgan fingerprint density at radius 1 is 1.21 bits per heavy atom. The van der Waals surface area contributed by atoms with E-state index in [-0.39, 0.29) is 11.8 Å². The molecule has 84 valence electrons. The van der Waals surface area contributed by atoms with Crippen molar-refractivity contribution in [1.82, 2.24) is 5.32 Å². The third kappa shape index (κ3) is 4.20. The molecule has 0 spiro atoms. The van der Waals surface area contributed by atoms with E-state index in [1.807, 2.05) is 34.6 Å². The quantitative estimate of drug-likeness (QED) is 0.722. The zero-order valence-electron chi connectivity index (χ0n) is 10.1. The van der Waals surface area contributed by atoms with Crippen LogP contribution in [0.5, 0.6) is 0 Å². The van der Waals surface area contributed by atoms with Crippen molar-refractivity contribution in [3.8, 4) is 0 Å². The van der Waals surface area contributed by atoms with Crippen molar-refractivity contribution in [1.29, 1.82) is 0 Å². The van der Waals surface area contributed by atoms with Crippen LogP contribution in [0.4, 0.5) is 0 Å². The van der Waals surface area contributed by atoms with E-state index in [2.05, 4.69) is 5.32 Å². The first-order valence-electron chi connectivity index (χ1n) is 5.14. The maximum atomic E-state index is 11.9. The van der Waals surface area contributed by atoms with Crippen LogP contribution in [-0.2, 0) is 4.79 Å². The van der Waals surface area contributed by atoms with Gasteiger partial charge in [-0.1, -0.05) is 34.6 Å². The molecular formula is C11H23NO2. The van der Waals surface area contributed by atoms with E-state index in [4.69, 9.17) is 0 Å². The van der Waals surface area contributed by atoms with E-state index in [1.165, 1.54) is 0 Å². The number of hydrogen-bond acceptors (Lipinski definition) is 3. The van der Waals surface area contributed by atoms with Crippen molar-refractivity contribution < 1.29 is 9.90 Å². The Kier molecular flexibility index (Phi) is 4.75. The Balaban J connectivity index is 4.59. The molecule has 0 aromatic carbocycles. The number of nitrogens with one attached hydrogen (secondary N) is 1. The van der Waals surface area contributed by atoms with Gasteiger partial charge in [-0.2, -0.15) is 0 Å². The van der Waals surface area contributed by atoms with Gasteiger partial charge in [-0.25, -0.2) is 0 Å². The van der Waals surface area contributed by atoms with Gasteiger partial charge in [0.25, 0.3) is 0 Å². The van der Waals surface area contributed by atoms with Crippen LogP contribution < -0.4 is 5.32 Å². The zero-order chi connectivity index (χ0) is 11.5. The molecule has 0 saturated heterocycles. The molecule has 0 aliphatic heterocycles. The Labute approximate surface area is 86.9 Å². The number of carbonyl (C=O) groups is 1. The molecule has 0 fully saturated rings. The second-order valence-electron chi connectivity index (χ2n) is 5.15. The van der Waals surface area contributed by atoms with Gasteiger partial charge in [-0.3, -0.25) is 4.79 Å². The van der Waals surface area contributed by atoms with Gasteiger partial charge in [0.05, 0.1) is 12.1 Å². The van der Waals surface area contributed by atoms with Gasteiger partial charge in [0, 0.05) is 11.5 Å². The van der Waals surface area contributed by atoms with Crippen molar-refractivity contribution in [2.24, 2.45) is 5.41 Å². The number of hydrogen-bond donors (Lipinski definition) is 2. The highest BCUT2D eigenvalue weighted by Gasteiger charge is 2.32. The molecule has 14 heavy (non-hydrogen) atoms. The molecule has 3 nitrogen and oxygen atoms in total. The lowest BCUT2D eigenvalue weighted by Crippen LogP contribution is -2.51. The molecule has 0 rings (SSSR count). The van der Waals surface area contributed by atoms with Crippen LogP contribution in [-0.4, -0.2) is 29.1 Å². The van der Waals surface area contributed by atoms with E-state index in [0.717, 1.165) is 0 Å². The number of aliphatic hydroxyl groups excluding tert-OH is 1. The highest BCUT2D eigenvalue weighted by molar-refractivity contribution is 5.89. The Morgan fingerprint density at radius 2 is 1.64 bits per heavy atom. The van der Waals surface area contributed by atoms with Gasteiger partial charge in [-0.15, -0.1) is 0 Å². The van der Waals surface area contributed by atoms with E-state index in [0.29, 0.717) is 0 Å². The van der Waals surface area contributed by atoms with Gasteiger partial charge in [0.15, 0.2) is 5.78 Å². The van der Waals surface area contributed by atoms with Crippen LogP contribution in [0.25, 0.3) is 0 Å². The van der Waals surface area contributed by atoms with E-state index >= 15 is 0 Å². The molecule has 2 N–H and O–H groups in total. The predicted octanol–water partition coefficient (Wildman–Crippen LogP) is 1.35. The summed E-state index contributed by atoms with van der Waals surface area (Å²) < 4.78 is 0. The van der Waals surface area contributed by atoms with Crippen LogP contribution in [0.1, 0.15) is 41.5 Å².